The number of benzene rings is 1. The van der Waals surface area contributed by atoms with Gasteiger partial charge in [-0.1, -0.05) is 18.2 Å². The molecule has 8 heteroatoms. The van der Waals surface area contributed by atoms with Crippen molar-refractivity contribution in [2.75, 3.05) is 48.2 Å². The van der Waals surface area contributed by atoms with Crippen LogP contribution in [-0.2, 0) is 16.4 Å². The molecule has 0 saturated carbocycles. The van der Waals surface area contributed by atoms with Gasteiger partial charge in [-0.15, -0.1) is 0 Å². The SMILES string of the molecule is CC1Cc2cc(C(O)CN3CCN(c4ccccn4)CC3)ccc2N1S(C)(=O)=O. The second kappa shape index (κ2) is 7.93. The lowest BCUT2D eigenvalue weighted by Crippen LogP contribution is -2.47. The fourth-order valence-corrected chi connectivity index (χ4v) is 5.65. The summed E-state index contributed by atoms with van der Waals surface area (Å²) in [5, 5.41) is 10.8. The van der Waals surface area contributed by atoms with E-state index in [0.29, 0.717) is 13.0 Å². The Labute approximate surface area is 172 Å². The molecule has 2 atom stereocenters. The summed E-state index contributed by atoms with van der Waals surface area (Å²) in [4.78, 5) is 8.94. The molecule has 0 bridgehead atoms. The Morgan fingerprint density at radius 3 is 2.59 bits per heavy atom. The Kier molecular flexibility index (Phi) is 5.50. The van der Waals surface area contributed by atoms with Gasteiger partial charge in [-0.25, -0.2) is 13.4 Å². The number of aromatic nitrogens is 1. The molecule has 2 aliphatic rings. The van der Waals surface area contributed by atoms with E-state index in [1.165, 1.54) is 10.6 Å². The molecular weight excluding hydrogens is 388 g/mol. The normalized spacial score (nSPS) is 21.3. The molecule has 2 aromatic rings. The molecule has 2 unspecified atom stereocenters. The third kappa shape index (κ3) is 4.24. The standard InChI is InChI=1S/C21H28N4O3S/c1-16-13-18-14-17(6-7-19(18)25(16)29(2,27)28)20(26)15-23-9-11-24(12-10-23)21-5-3-4-8-22-21/h3-8,14,16,20,26H,9-13,15H2,1-2H3. The van der Waals surface area contributed by atoms with Crippen LogP contribution in [0.5, 0.6) is 0 Å². The number of fused-ring (bicyclic) bond motifs is 1. The maximum Gasteiger partial charge on any atom is 0.232 e. The zero-order valence-corrected chi connectivity index (χ0v) is 17.7. The number of hydrogen-bond acceptors (Lipinski definition) is 6. The molecule has 1 fully saturated rings. The summed E-state index contributed by atoms with van der Waals surface area (Å²) in [6, 6.07) is 11.5. The Morgan fingerprint density at radius 2 is 1.93 bits per heavy atom. The summed E-state index contributed by atoms with van der Waals surface area (Å²) >= 11 is 0. The van der Waals surface area contributed by atoms with E-state index in [1.54, 1.807) is 0 Å². The number of nitrogens with zero attached hydrogens (tertiary/aromatic N) is 4. The maximum atomic E-state index is 12.1. The van der Waals surface area contributed by atoms with Crippen LogP contribution < -0.4 is 9.21 Å². The van der Waals surface area contributed by atoms with Gasteiger partial charge in [0.15, 0.2) is 0 Å². The second-order valence-corrected chi connectivity index (χ2v) is 9.85. The van der Waals surface area contributed by atoms with Gasteiger partial charge in [0.05, 0.1) is 18.0 Å². The average molecular weight is 417 g/mol. The number of aliphatic hydroxyl groups is 1. The number of aliphatic hydroxyl groups excluding tert-OH is 1. The Balaban J connectivity index is 1.39. The van der Waals surface area contributed by atoms with Crippen LogP contribution >= 0.6 is 0 Å². The van der Waals surface area contributed by atoms with Gasteiger partial charge in [-0.2, -0.15) is 0 Å². The lowest BCUT2D eigenvalue weighted by atomic mass is 10.0. The number of piperazine rings is 1. The highest BCUT2D eigenvalue weighted by molar-refractivity contribution is 7.92. The van der Waals surface area contributed by atoms with Crippen LogP contribution in [0.3, 0.4) is 0 Å². The molecule has 156 valence electrons. The van der Waals surface area contributed by atoms with Gasteiger partial charge in [0.1, 0.15) is 5.82 Å². The quantitative estimate of drug-likeness (QED) is 0.799. The van der Waals surface area contributed by atoms with E-state index in [1.807, 2.05) is 49.5 Å². The highest BCUT2D eigenvalue weighted by Gasteiger charge is 2.33. The molecule has 1 saturated heterocycles. The third-order valence-corrected chi connectivity index (χ3v) is 7.05. The van der Waals surface area contributed by atoms with Gasteiger partial charge >= 0.3 is 0 Å². The van der Waals surface area contributed by atoms with Gasteiger partial charge in [0, 0.05) is 45.0 Å². The van der Waals surface area contributed by atoms with E-state index >= 15 is 0 Å². The van der Waals surface area contributed by atoms with Crippen molar-refractivity contribution < 1.29 is 13.5 Å². The van der Waals surface area contributed by atoms with Crippen molar-refractivity contribution >= 4 is 21.5 Å². The van der Waals surface area contributed by atoms with Crippen LogP contribution in [0, 0.1) is 0 Å². The second-order valence-electron chi connectivity index (χ2n) is 7.99. The van der Waals surface area contributed by atoms with Crippen LogP contribution in [-0.4, -0.2) is 68.4 Å². The topological polar surface area (TPSA) is 77.0 Å². The summed E-state index contributed by atoms with van der Waals surface area (Å²) in [7, 11) is -3.30. The highest BCUT2D eigenvalue weighted by Crippen LogP contribution is 2.35. The first-order valence-corrected chi connectivity index (χ1v) is 11.9. The molecule has 7 nitrogen and oxygen atoms in total. The Morgan fingerprint density at radius 1 is 1.17 bits per heavy atom. The smallest absolute Gasteiger partial charge is 0.232 e. The van der Waals surface area contributed by atoms with Gasteiger partial charge in [0.2, 0.25) is 10.0 Å². The highest BCUT2D eigenvalue weighted by atomic mass is 32.2. The lowest BCUT2D eigenvalue weighted by molar-refractivity contribution is 0.109. The number of hydrogen-bond donors (Lipinski definition) is 1. The molecule has 1 aromatic carbocycles. The number of anilines is 2. The molecule has 0 spiro atoms. The lowest BCUT2D eigenvalue weighted by Gasteiger charge is -2.36. The minimum atomic E-state index is -3.30. The van der Waals surface area contributed by atoms with Crippen LogP contribution in [0.4, 0.5) is 11.5 Å². The van der Waals surface area contributed by atoms with E-state index in [4.69, 9.17) is 0 Å². The first-order valence-electron chi connectivity index (χ1n) is 10.0. The molecule has 1 aromatic heterocycles. The molecule has 0 amide bonds. The zero-order chi connectivity index (χ0) is 20.6. The first kappa shape index (κ1) is 20.1. The fourth-order valence-electron chi connectivity index (χ4n) is 4.39. The van der Waals surface area contributed by atoms with E-state index in [9.17, 15) is 13.5 Å². The largest absolute Gasteiger partial charge is 0.387 e. The van der Waals surface area contributed by atoms with Crippen molar-refractivity contribution in [3.8, 4) is 0 Å². The Bertz CT molecular complexity index is 959. The van der Waals surface area contributed by atoms with Gasteiger partial charge in [-0.3, -0.25) is 9.21 Å². The molecule has 2 aliphatic heterocycles. The van der Waals surface area contributed by atoms with Crippen molar-refractivity contribution in [3.63, 3.8) is 0 Å². The zero-order valence-electron chi connectivity index (χ0n) is 16.9. The van der Waals surface area contributed by atoms with Crippen LogP contribution in [0.25, 0.3) is 0 Å². The van der Waals surface area contributed by atoms with Crippen LogP contribution in [0.15, 0.2) is 42.6 Å². The number of β-amino-alcohol motifs (C(OH)–C–C–N with tert-alkyl or cyclic N) is 1. The summed E-state index contributed by atoms with van der Waals surface area (Å²) in [5.41, 5.74) is 2.57. The van der Waals surface area contributed by atoms with Crippen molar-refractivity contribution in [2.45, 2.75) is 25.5 Å². The molecule has 4 rings (SSSR count). The fraction of sp³-hybridized carbons (Fsp3) is 0.476. The minimum absolute atomic E-state index is 0.0907. The average Bonchev–Trinajstić information content (AvgIpc) is 3.04. The maximum absolute atomic E-state index is 12.1. The molecule has 1 N–H and O–H groups in total. The first-order chi connectivity index (χ1) is 13.8. The number of rotatable bonds is 5. The predicted octanol–water partition coefficient (Wildman–Crippen LogP) is 1.65. The van der Waals surface area contributed by atoms with E-state index in [-0.39, 0.29) is 6.04 Å². The van der Waals surface area contributed by atoms with Crippen molar-refractivity contribution in [1.29, 1.82) is 0 Å². The van der Waals surface area contributed by atoms with E-state index < -0.39 is 16.1 Å². The summed E-state index contributed by atoms with van der Waals surface area (Å²) in [5.74, 6) is 0.996. The molecule has 3 heterocycles. The van der Waals surface area contributed by atoms with Crippen LogP contribution in [0.1, 0.15) is 24.2 Å². The predicted molar refractivity (Wildman–Crippen MR) is 115 cm³/mol. The molecule has 0 aliphatic carbocycles. The van der Waals surface area contributed by atoms with E-state index in [0.717, 1.165) is 48.8 Å². The van der Waals surface area contributed by atoms with Gasteiger partial charge < -0.3 is 10.0 Å². The molecular formula is C21H28N4O3S. The summed E-state index contributed by atoms with van der Waals surface area (Å²) < 4.78 is 25.6. The van der Waals surface area contributed by atoms with Gasteiger partial charge in [-0.05, 0) is 42.7 Å². The van der Waals surface area contributed by atoms with E-state index in [2.05, 4.69) is 14.8 Å². The summed E-state index contributed by atoms with van der Waals surface area (Å²) in [6.07, 6.45) is 3.13. The molecule has 29 heavy (non-hydrogen) atoms. The van der Waals surface area contributed by atoms with Crippen molar-refractivity contribution in [3.05, 3.63) is 53.7 Å². The van der Waals surface area contributed by atoms with Crippen molar-refractivity contribution in [1.82, 2.24) is 9.88 Å². The minimum Gasteiger partial charge on any atom is -0.387 e. The number of pyridine rings is 1. The third-order valence-electron chi connectivity index (χ3n) is 5.78. The van der Waals surface area contributed by atoms with Crippen molar-refractivity contribution in [2.24, 2.45) is 0 Å². The summed E-state index contributed by atoms with van der Waals surface area (Å²) in [6.45, 7) is 6.00. The van der Waals surface area contributed by atoms with Gasteiger partial charge in [0.25, 0.3) is 0 Å². The van der Waals surface area contributed by atoms with Crippen LogP contribution in [0.2, 0.25) is 0 Å². The molecule has 0 radical (unpaired) electrons. The monoisotopic (exact) mass is 416 g/mol. The number of sulfonamides is 1. The Hall–Kier alpha value is -2.16.